The van der Waals surface area contributed by atoms with Gasteiger partial charge in [-0.25, -0.2) is 0 Å². The molecule has 0 fully saturated rings. The number of ether oxygens (including phenoxy) is 3. The summed E-state index contributed by atoms with van der Waals surface area (Å²) < 4.78 is 75.4. The molecule has 0 aliphatic rings. The summed E-state index contributed by atoms with van der Waals surface area (Å²) in [7, 11) is -4.84. The normalized spacial score (nSPS) is 11.5. The van der Waals surface area contributed by atoms with Gasteiger partial charge in [0.15, 0.2) is 11.5 Å². The molecule has 4 aromatic rings. The van der Waals surface area contributed by atoms with E-state index in [1.165, 1.54) is 31.9 Å². The smallest absolute Gasteiger partial charge is 0.306 e. The summed E-state index contributed by atoms with van der Waals surface area (Å²) in [5, 5.41) is 0. The number of hydrogen-bond acceptors (Lipinski definition) is 9. The summed E-state index contributed by atoms with van der Waals surface area (Å²) in [5.41, 5.74) is 4.19. The van der Waals surface area contributed by atoms with Gasteiger partial charge in [-0.15, -0.1) is 0 Å². The van der Waals surface area contributed by atoms with Gasteiger partial charge in [0.25, 0.3) is 0 Å². The Balaban J connectivity index is 1.76. The molecule has 0 saturated heterocycles. The Kier molecular flexibility index (Phi) is 8.79. The lowest BCUT2D eigenvalue weighted by atomic mass is 9.96. The van der Waals surface area contributed by atoms with Gasteiger partial charge < -0.3 is 22.6 Å². The van der Waals surface area contributed by atoms with Crippen molar-refractivity contribution in [2.24, 2.45) is 0 Å². The summed E-state index contributed by atoms with van der Waals surface area (Å²) in [6.45, 7) is 2.41. The fraction of sp³-hybridized carbons (Fsp3) is 0.200. The van der Waals surface area contributed by atoms with E-state index in [0.29, 0.717) is 40.4 Å². The summed E-state index contributed by atoms with van der Waals surface area (Å²) in [6.07, 6.45) is 1.89. The number of aryl methyl sites for hydroxylation is 1. The van der Waals surface area contributed by atoms with Crippen LogP contribution in [0.3, 0.4) is 0 Å². The van der Waals surface area contributed by atoms with E-state index >= 15 is 0 Å². The third-order valence-corrected chi connectivity index (χ3v) is 6.91. The molecule has 0 unspecified atom stereocenters. The fourth-order valence-electron chi connectivity index (χ4n) is 4.13. The third kappa shape index (κ3) is 7.71. The summed E-state index contributed by atoms with van der Waals surface area (Å²) >= 11 is 0. The van der Waals surface area contributed by atoms with E-state index in [1.54, 1.807) is 42.5 Å². The summed E-state index contributed by atoms with van der Waals surface area (Å²) in [5.74, 6) is 1.15. The zero-order valence-electron chi connectivity index (χ0n) is 23.2. The lowest BCUT2D eigenvalue weighted by molar-refractivity contribution is 0.306. The van der Waals surface area contributed by atoms with Crippen molar-refractivity contribution < 1.29 is 39.4 Å². The Hall–Kier alpha value is -4.22. The van der Waals surface area contributed by atoms with E-state index in [9.17, 15) is 16.8 Å². The van der Waals surface area contributed by atoms with E-state index in [-0.39, 0.29) is 17.2 Å². The first-order valence-electron chi connectivity index (χ1n) is 12.3. The van der Waals surface area contributed by atoms with Crippen LogP contribution in [0.25, 0.3) is 22.3 Å². The second-order valence-corrected chi connectivity index (χ2v) is 12.4. The average Bonchev–Trinajstić information content (AvgIpc) is 2.91. The molecule has 4 rings (SSSR count). The van der Waals surface area contributed by atoms with Crippen molar-refractivity contribution in [1.82, 2.24) is 0 Å². The molecule has 0 atom stereocenters. The van der Waals surface area contributed by atoms with Crippen LogP contribution in [0.4, 0.5) is 0 Å². The van der Waals surface area contributed by atoms with Gasteiger partial charge in [0.05, 0.1) is 32.3 Å². The van der Waals surface area contributed by atoms with Crippen LogP contribution in [0.15, 0.2) is 78.9 Å². The van der Waals surface area contributed by atoms with Crippen molar-refractivity contribution in [2.45, 2.75) is 13.5 Å². The Bertz CT molecular complexity index is 1730. The van der Waals surface area contributed by atoms with Crippen LogP contribution in [-0.4, -0.2) is 43.6 Å². The van der Waals surface area contributed by atoms with Crippen LogP contribution < -0.4 is 22.6 Å². The number of rotatable bonds is 11. The van der Waals surface area contributed by atoms with E-state index in [2.05, 4.69) is 0 Å². The van der Waals surface area contributed by atoms with Crippen LogP contribution in [0.2, 0.25) is 0 Å². The minimum atomic E-state index is -3.99. The topological polar surface area (TPSA) is 114 Å². The quantitative estimate of drug-likeness (QED) is 0.204. The van der Waals surface area contributed by atoms with Gasteiger partial charge in [-0.2, -0.15) is 16.8 Å². The molecule has 216 valence electrons. The van der Waals surface area contributed by atoms with Gasteiger partial charge in [0.2, 0.25) is 0 Å². The van der Waals surface area contributed by atoms with E-state index < -0.39 is 20.2 Å². The summed E-state index contributed by atoms with van der Waals surface area (Å²) in [4.78, 5) is 0. The van der Waals surface area contributed by atoms with Crippen molar-refractivity contribution in [1.29, 1.82) is 0 Å². The maximum Gasteiger partial charge on any atom is 0.306 e. The number of hydrogen-bond donors (Lipinski definition) is 0. The first-order chi connectivity index (χ1) is 19.4. The molecule has 0 aromatic heterocycles. The lowest BCUT2D eigenvalue weighted by Gasteiger charge is -2.20. The Labute approximate surface area is 240 Å². The van der Waals surface area contributed by atoms with E-state index in [1.807, 2.05) is 31.2 Å². The molecule has 9 nitrogen and oxygen atoms in total. The average molecular weight is 599 g/mol. The molecule has 0 amide bonds. The maximum absolute atomic E-state index is 12.4. The molecule has 0 aliphatic carbocycles. The maximum atomic E-state index is 12.4. The van der Waals surface area contributed by atoms with Gasteiger partial charge in [-0.1, -0.05) is 54.1 Å². The molecule has 41 heavy (non-hydrogen) atoms. The van der Waals surface area contributed by atoms with Crippen molar-refractivity contribution in [3.8, 4) is 51.0 Å². The molecule has 0 aliphatic heterocycles. The molecule has 0 N–H and O–H groups in total. The molecule has 0 bridgehead atoms. The SMILES string of the molecule is COc1cc(-c2ccc(OS(C)(=O)=O)cc2)c(OC)c(OS(C)(=O)=O)c1-c1ccc(OCc2ccc(C)cc2)cc1. The van der Waals surface area contributed by atoms with Gasteiger partial charge in [-0.3, -0.25) is 0 Å². The largest absolute Gasteiger partial charge is 0.496 e. The molecule has 11 heteroatoms. The lowest BCUT2D eigenvalue weighted by Crippen LogP contribution is -2.09. The molecule has 4 aromatic carbocycles. The summed E-state index contributed by atoms with van der Waals surface area (Å²) in [6, 6.07) is 23.0. The number of benzene rings is 4. The van der Waals surface area contributed by atoms with Gasteiger partial charge in [0.1, 0.15) is 23.9 Å². The van der Waals surface area contributed by atoms with Crippen molar-refractivity contribution >= 4 is 20.2 Å². The molecular formula is C30H30O9S2. The van der Waals surface area contributed by atoms with Crippen molar-refractivity contribution in [2.75, 3.05) is 26.7 Å². The predicted molar refractivity (Wildman–Crippen MR) is 157 cm³/mol. The van der Waals surface area contributed by atoms with E-state index in [4.69, 9.17) is 22.6 Å². The van der Waals surface area contributed by atoms with Crippen molar-refractivity contribution in [3.63, 3.8) is 0 Å². The van der Waals surface area contributed by atoms with Gasteiger partial charge in [0, 0.05) is 5.56 Å². The first kappa shape index (κ1) is 29.8. The monoisotopic (exact) mass is 598 g/mol. The predicted octanol–water partition coefficient (Wildman–Crippen LogP) is 5.60. The zero-order valence-corrected chi connectivity index (χ0v) is 24.8. The van der Waals surface area contributed by atoms with Crippen LogP contribution in [0.5, 0.6) is 28.7 Å². The minimum absolute atomic E-state index is 0.0610. The highest BCUT2D eigenvalue weighted by molar-refractivity contribution is 7.86. The Morgan fingerprint density at radius 1 is 0.634 bits per heavy atom. The molecule has 0 spiro atoms. The van der Waals surface area contributed by atoms with Gasteiger partial charge >= 0.3 is 20.2 Å². The van der Waals surface area contributed by atoms with Gasteiger partial charge in [-0.05, 0) is 53.9 Å². The van der Waals surface area contributed by atoms with E-state index in [0.717, 1.165) is 18.1 Å². The van der Waals surface area contributed by atoms with Crippen molar-refractivity contribution in [3.05, 3.63) is 90.0 Å². The highest BCUT2D eigenvalue weighted by Gasteiger charge is 2.26. The first-order valence-corrected chi connectivity index (χ1v) is 16.0. The Morgan fingerprint density at radius 3 is 1.73 bits per heavy atom. The minimum Gasteiger partial charge on any atom is -0.496 e. The van der Waals surface area contributed by atoms with Crippen LogP contribution >= 0.6 is 0 Å². The standard InChI is InChI=1S/C30H30O9S2/c1-20-6-8-21(9-7-20)19-37-24-14-12-23(13-15-24)28-27(35-2)18-26(29(36-3)30(28)39-41(5,33)34)22-10-16-25(17-11-22)38-40(4,31)32/h6-18H,19H2,1-5H3. The second-order valence-electron chi connectivity index (χ2n) is 9.26. The highest BCUT2D eigenvalue weighted by atomic mass is 32.2. The molecule has 0 saturated carbocycles. The molecule has 0 heterocycles. The van der Waals surface area contributed by atoms with Crippen LogP contribution in [0, 0.1) is 6.92 Å². The molecule has 0 radical (unpaired) electrons. The highest BCUT2D eigenvalue weighted by Crippen LogP contribution is 2.51. The van der Waals surface area contributed by atoms with Crippen LogP contribution in [-0.2, 0) is 26.8 Å². The number of methoxy groups -OCH3 is 2. The zero-order chi connectivity index (χ0) is 29.8. The third-order valence-electron chi connectivity index (χ3n) is 5.94. The van der Waals surface area contributed by atoms with Crippen LogP contribution in [0.1, 0.15) is 11.1 Å². The second kappa shape index (κ2) is 12.1. The molecular weight excluding hydrogens is 568 g/mol. The Morgan fingerprint density at radius 2 is 1.20 bits per heavy atom. The fourth-order valence-corrected chi connectivity index (χ4v) is 5.05.